The van der Waals surface area contributed by atoms with Crippen LogP contribution in [0.25, 0.3) is 0 Å². The second kappa shape index (κ2) is 14.7. The van der Waals surface area contributed by atoms with Crippen LogP contribution in [0.3, 0.4) is 0 Å². The first-order valence-electron chi connectivity index (χ1n) is 8.01. The second-order valence-corrected chi connectivity index (χ2v) is 7.62. The molecule has 3 rings (SSSR count). The summed E-state index contributed by atoms with van der Waals surface area (Å²) in [6.45, 7) is 10.6. The molecule has 1 aromatic carbocycles. The van der Waals surface area contributed by atoms with Crippen LogP contribution in [0.4, 0.5) is 0 Å². The Morgan fingerprint density at radius 3 is 1.36 bits per heavy atom. The van der Waals surface area contributed by atoms with Crippen molar-refractivity contribution in [1.82, 2.24) is 0 Å². The van der Waals surface area contributed by atoms with Crippen molar-refractivity contribution in [1.29, 1.82) is 0 Å². The van der Waals surface area contributed by atoms with E-state index in [1.165, 1.54) is 55.3 Å². The summed E-state index contributed by atoms with van der Waals surface area (Å²) < 4.78 is 1.46. The molecule has 0 heterocycles. The zero-order valence-corrected chi connectivity index (χ0v) is 19.7. The summed E-state index contributed by atoms with van der Waals surface area (Å²) in [6.07, 6.45) is 12.8. The summed E-state index contributed by atoms with van der Waals surface area (Å²) in [6, 6.07) is 10.5. The number of allylic oxidation sites excluding steroid dienone is 8. The van der Waals surface area contributed by atoms with Crippen LogP contribution in [0.5, 0.6) is 0 Å². The standard InChI is InChI=1S/C8H8.2C7H9.2ClH.Zr/c1-2-8-6-4-3-5-7-8;2*1-6-4-3-5-7(6)2;;;/h3-7H,1H3;2*4H,3H2,1-2H3;2*1H;/q;2*-1;;;+2/p-2. The largest absolute Gasteiger partial charge is 1.00 e. The molecule has 2 aliphatic carbocycles. The average Bonchev–Trinajstić information content (AvgIpc) is 3.10. The van der Waals surface area contributed by atoms with Gasteiger partial charge < -0.3 is 24.8 Å². The second-order valence-electron chi connectivity index (χ2n) is 5.78. The maximum absolute atomic E-state index is 3.19. The summed E-state index contributed by atoms with van der Waals surface area (Å²) in [5.74, 6) is 0. The summed E-state index contributed by atoms with van der Waals surface area (Å²) in [5.41, 5.74) is 6.79. The minimum atomic E-state index is 0. The van der Waals surface area contributed by atoms with Crippen molar-refractivity contribution in [3.8, 4) is 0 Å². The smallest absolute Gasteiger partial charge is 1.00 e. The van der Waals surface area contributed by atoms with E-state index in [2.05, 4.69) is 83.2 Å². The Balaban J connectivity index is 0. The van der Waals surface area contributed by atoms with Crippen molar-refractivity contribution in [2.45, 2.75) is 47.5 Å². The van der Waals surface area contributed by atoms with E-state index >= 15 is 0 Å². The molecule has 0 fully saturated rings. The van der Waals surface area contributed by atoms with E-state index in [0.717, 1.165) is 12.8 Å². The third-order valence-electron chi connectivity index (χ3n) is 3.94. The molecule has 1 aromatic rings. The van der Waals surface area contributed by atoms with Crippen molar-refractivity contribution < 1.29 is 49.0 Å². The molecule has 0 radical (unpaired) electrons. The van der Waals surface area contributed by atoms with Crippen LogP contribution in [-0.4, -0.2) is 3.21 Å². The molecule has 25 heavy (non-hydrogen) atoms. The number of hydrogen-bond donors (Lipinski definition) is 0. The van der Waals surface area contributed by atoms with Gasteiger partial charge in [0.15, 0.2) is 0 Å². The van der Waals surface area contributed by atoms with E-state index in [-0.39, 0.29) is 24.8 Å². The van der Waals surface area contributed by atoms with Gasteiger partial charge in [-0.1, -0.05) is 13.8 Å². The number of benzene rings is 1. The van der Waals surface area contributed by atoms with Gasteiger partial charge in [0.1, 0.15) is 0 Å². The van der Waals surface area contributed by atoms with Gasteiger partial charge in [0.2, 0.25) is 0 Å². The first-order chi connectivity index (χ1) is 10.9. The van der Waals surface area contributed by atoms with Gasteiger partial charge in [0.05, 0.1) is 0 Å². The molecule has 0 nitrogen and oxygen atoms in total. The molecule has 0 amide bonds. The maximum Gasteiger partial charge on any atom is -1.00 e. The van der Waals surface area contributed by atoms with E-state index in [9.17, 15) is 0 Å². The Morgan fingerprint density at radius 1 is 0.800 bits per heavy atom. The zero-order valence-electron chi connectivity index (χ0n) is 15.7. The summed E-state index contributed by atoms with van der Waals surface area (Å²) >= 11 is 1.51. The molecule has 0 atom stereocenters. The topological polar surface area (TPSA) is 0 Å². The van der Waals surface area contributed by atoms with Gasteiger partial charge in [-0.2, -0.15) is 12.2 Å². The molecule has 0 aliphatic heterocycles. The Kier molecular flexibility index (Phi) is 15.7. The minimum Gasteiger partial charge on any atom is -1.00 e. The first-order valence-corrected chi connectivity index (χ1v) is 9.24. The Bertz CT molecular complexity index is 584. The fourth-order valence-corrected chi connectivity index (χ4v) is 2.40. The SMILES string of the molecule is CC1=[C-]CC=C1C.CC1=[C-]CC=C1C.C[C](=[Zr+2])c1ccccc1.[Cl-].[Cl-]. The van der Waals surface area contributed by atoms with Crippen LogP contribution in [0.2, 0.25) is 0 Å². The van der Waals surface area contributed by atoms with Crippen molar-refractivity contribution in [2.24, 2.45) is 0 Å². The number of hydrogen-bond acceptors (Lipinski definition) is 0. The Labute approximate surface area is 181 Å². The van der Waals surface area contributed by atoms with E-state index in [4.69, 9.17) is 0 Å². The van der Waals surface area contributed by atoms with Gasteiger partial charge in [0, 0.05) is 0 Å². The van der Waals surface area contributed by atoms with Crippen LogP contribution in [-0.2, 0) is 24.2 Å². The predicted molar refractivity (Wildman–Crippen MR) is 97.8 cm³/mol. The van der Waals surface area contributed by atoms with Crippen LogP contribution in [0.15, 0.2) is 64.8 Å². The maximum atomic E-state index is 3.19. The van der Waals surface area contributed by atoms with Crippen LogP contribution in [0, 0.1) is 12.2 Å². The van der Waals surface area contributed by atoms with Crippen molar-refractivity contribution >= 4 is 3.21 Å². The first kappa shape index (κ1) is 26.7. The van der Waals surface area contributed by atoms with E-state index in [1.807, 2.05) is 6.07 Å². The molecule has 3 heteroatoms. The van der Waals surface area contributed by atoms with Crippen LogP contribution < -0.4 is 24.8 Å². The molecule has 2 aliphatic rings. The van der Waals surface area contributed by atoms with E-state index in [1.54, 1.807) is 0 Å². The van der Waals surface area contributed by atoms with Crippen molar-refractivity contribution in [3.05, 3.63) is 82.5 Å². The fraction of sp³-hybridized carbons (Fsp3) is 0.318. The monoisotopic (exact) mass is 450 g/mol. The molecule has 134 valence electrons. The summed E-state index contributed by atoms with van der Waals surface area (Å²) in [7, 11) is 0. The molecule has 0 bridgehead atoms. The molecule has 0 aromatic heterocycles. The van der Waals surface area contributed by atoms with Gasteiger partial charge in [-0.15, -0.1) is 26.7 Å². The average molecular weight is 453 g/mol. The summed E-state index contributed by atoms with van der Waals surface area (Å²) in [5, 5.41) is 0. The normalized spacial score (nSPS) is 14.0. The summed E-state index contributed by atoms with van der Waals surface area (Å²) in [4.78, 5) is 0. The number of halogens is 2. The van der Waals surface area contributed by atoms with Gasteiger partial charge in [-0.05, 0) is 0 Å². The van der Waals surface area contributed by atoms with Crippen LogP contribution in [0.1, 0.15) is 53.0 Å². The molecule has 0 saturated heterocycles. The molecule has 0 saturated carbocycles. The molecular weight excluding hydrogens is 426 g/mol. The Morgan fingerprint density at radius 2 is 1.20 bits per heavy atom. The van der Waals surface area contributed by atoms with Crippen molar-refractivity contribution in [3.63, 3.8) is 0 Å². The van der Waals surface area contributed by atoms with Crippen molar-refractivity contribution in [2.75, 3.05) is 0 Å². The third kappa shape index (κ3) is 11.0. The van der Waals surface area contributed by atoms with E-state index < -0.39 is 0 Å². The zero-order chi connectivity index (χ0) is 17.2. The van der Waals surface area contributed by atoms with Gasteiger partial charge in [0.25, 0.3) is 0 Å². The van der Waals surface area contributed by atoms with Gasteiger partial charge in [-0.3, -0.25) is 12.2 Å². The Hall–Kier alpha value is -0.487. The van der Waals surface area contributed by atoms with E-state index in [0.29, 0.717) is 0 Å². The van der Waals surface area contributed by atoms with Gasteiger partial charge in [-0.25, -0.2) is 22.3 Å². The molecule has 0 spiro atoms. The number of rotatable bonds is 1. The molecule has 0 unspecified atom stereocenters. The quantitative estimate of drug-likeness (QED) is 0.525. The van der Waals surface area contributed by atoms with Gasteiger partial charge >= 0.3 is 70.3 Å². The van der Waals surface area contributed by atoms with Crippen LogP contribution >= 0.6 is 0 Å². The fourth-order valence-electron chi connectivity index (χ4n) is 1.99. The predicted octanol–water partition coefficient (Wildman–Crippen LogP) is -0.0464. The molecular formula is C22H26Cl2Zr-2. The minimum absolute atomic E-state index is 0. The third-order valence-corrected chi connectivity index (χ3v) is 4.65. The molecule has 0 N–H and O–H groups in total.